The van der Waals surface area contributed by atoms with Gasteiger partial charge in [0.15, 0.2) is 0 Å². The minimum absolute atomic E-state index is 0. The van der Waals surface area contributed by atoms with E-state index in [1.807, 2.05) is 0 Å². The number of pyridine rings is 1. The van der Waals surface area contributed by atoms with Gasteiger partial charge in [0.1, 0.15) is 0 Å². The second kappa shape index (κ2) is 14.5. The zero-order chi connectivity index (χ0) is 36.0. The van der Waals surface area contributed by atoms with Crippen LogP contribution in [-0.4, -0.2) is 11.7 Å². The number of hydrogen-bond donors (Lipinski definition) is 0. The smallest absolute Gasteiger partial charge is 0.657 e. The average molecular weight is 867 g/mol. The number of hydrogen-bond acceptors (Lipinski definition) is 1. The summed E-state index contributed by atoms with van der Waals surface area (Å²) in [5, 5.41) is 2.34. The summed E-state index contributed by atoms with van der Waals surface area (Å²) < 4.78 is 0. The van der Waals surface area contributed by atoms with E-state index in [4.69, 9.17) is 9.97 Å². The van der Waals surface area contributed by atoms with Crippen LogP contribution in [0.25, 0.3) is 55.3 Å². The molecule has 6 aromatic carbocycles. The molecule has 0 atom stereocenters. The fourth-order valence-electron chi connectivity index (χ4n) is 7.21. The molecule has 0 aliphatic heterocycles. The molecule has 8 rings (SSSR count). The molecule has 0 aliphatic carbocycles. The van der Waals surface area contributed by atoms with E-state index in [0.717, 1.165) is 55.6 Å². The van der Waals surface area contributed by atoms with Crippen molar-refractivity contribution in [1.82, 2.24) is 9.97 Å². The molecule has 0 saturated heterocycles. The van der Waals surface area contributed by atoms with Gasteiger partial charge in [0, 0.05) is 11.3 Å². The summed E-state index contributed by atoms with van der Waals surface area (Å²) in [6.07, 6.45) is 0. The van der Waals surface area contributed by atoms with E-state index in [2.05, 4.69) is 199 Å². The maximum atomic E-state index is 5.45. The molecule has 0 unspecified atom stereocenters. The van der Waals surface area contributed by atoms with Gasteiger partial charge in [-0.25, -0.2) is 5.56 Å². The number of rotatable bonds is 6. The molecule has 4 heteroatoms. The molecule has 8 aromatic rings. The molecule has 2 nitrogen and oxygen atoms in total. The van der Waals surface area contributed by atoms with Crippen molar-refractivity contribution in [3.63, 3.8) is 0 Å². The Kier molecular flexibility index (Phi) is 9.95. The van der Waals surface area contributed by atoms with E-state index in [9.17, 15) is 0 Å². The normalized spacial score (nSPS) is 11.8. The fraction of sp³-hybridized carbons (Fsp3) is 0.163. The average Bonchev–Trinajstić information content (AvgIpc) is 3.54. The van der Waals surface area contributed by atoms with Gasteiger partial charge in [-0.3, -0.25) is 0 Å². The molecule has 0 saturated carbocycles. The zero-order valence-electron chi connectivity index (χ0n) is 31.1. The minimum Gasteiger partial charge on any atom is -0.657 e. The van der Waals surface area contributed by atoms with Crippen LogP contribution >= 0.6 is 0 Å². The predicted molar refractivity (Wildman–Crippen MR) is 221 cm³/mol. The molecule has 0 amide bonds. The maximum absolute atomic E-state index is 5.45. The van der Waals surface area contributed by atoms with Gasteiger partial charge >= 0.3 is 22.4 Å². The van der Waals surface area contributed by atoms with Crippen molar-refractivity contribution < 1.29 is 22.4 Å². The van der Waals surface area contributed by atoms with E-state index in [0.29, 0.717) is 0 Å². The van der Waals surface area contributed by atoms with Crippen molar-refractivity contribution in [3.05, 3.63) is 169 Å². The molecule has 0 spiro atoms. The molecule has 0 radical (unpaired) electrons. The van der Waals surface area contributed by atoms with E-state index in [1.54, 1.807) is 0 Å². The third-order valence-electron chi connectivity index (χ3n) is 10.2. The molecule has 262 valence electrons. The molecule has 0 N–H and O–H groups in total. The van der Waals surface area contributed by atoms with Crippen LogP contribution < -0.4 is 21.5 Å². The van der Waals surface area contributed by atoms with Crippen molar-refractivity contribution in [3.8, 4) is 33.5 Å². The van der Waals surface area contributed by atoms with E-state index < -0.39 is 0 Å². The second-order valence-electron chi connectivity index (χ2n) is 15.9. The van der Waals surface area contributed by atoms with Crippen molar-refractivity contribution in [1.29, 1.82) is 0 Å². The Hall–Kier alpha value is -4.92. The van der Waals surface area contributed by atoms with Crippen LogP contribution in [0, 0.1) is 12.1 Å². The molecule has 2 heterocycles. The SMILES string of the molecule is CC(C)(C)c1c[c-]c(-c2[c-]c(-c3cccc(B(c4ccccc4)c4cccc5c4[n-]c4ccccc45)n3)cc(-c3ccc(C(C)(C)C)cc3)c2)cc1.[Au+3]. The summed E-state index contributed by atoms with van der Waals surface area (Å²) in [6.45, 7) is 13.4. The first kappa shape index (κ1) is 36.4. The van der Waals surface area contributed by atoms with Gasteiger partial charge in [-0.1, -0.05) is 173 Å². The summed E-state index contributed by atoms with van der Waals surface area (Å²) in [5.74, 6) is 0. The van der Waals surface area contributed by atoms with E-state index >= 15 is 0 Å². The van der Waals surface area contributed by atoms with Gasteiger partial charge in [0.2, 0.25) is 0 Å². The van der Waals surface area contributed by atoms with Crippen LogP contribution in [0.4, 0.5) is 0 Å². The zero-order valence-corrected chi connectivity index (χ0v) is 33.3. The minimum atomic E-state index is -0.111. The van der Waals surface area contributed by atoms with Crippen LogP contribution in [0.15, 0.2) is 146 Å². The predicted octanol–water partition coefficient (Wildman–Crippen LogP) is 10.1. The largest absolute Gasteiger partial charge is 3.00 e. The summed E-state index contributed by atoms with van der Waals surface area (Å²) >= 11 is 0. The van der Waals surface area contributed by atoms with Crippen LogP contribution in [-0.2, 0) is 33.2 Å². The fourth-order valence-corrected chi connectivity index (χ4v) is 7.21. The third-order valence-corrected chi connectivity index (χ3v) is 10.2. The molecule has 53 heavy (non-hydrogen) atoms. The quantitative estimate of drug-likeness (QED) is 0.123. The summed E-state index contributed by atoms with van der Waals surface area (Å²) in [7, 11) is 0. The topological polar surface area (TPSA) is 27.0 Å². The summed E-state index contributed by atoms with van der Waals surface area (Å²) in [5.41, 5.74) is 14.2. The van der Waals surface area contributed by atoms with Crippen molar-refractivity contribution in [2.75, 3.05) is 0 Å². The molecular formula is C49H42AuBN2. The molecule has 0 bridgehead atoms. The first-order valence-electron chi connectivity index (χ1n) is 18.2. The van der Waals surface area contributed by atoms with E-state index in [1.165, 1.54) is 27.4 Å². The monoisotopic (exact) mass is 866 g/mol. The standard InChI is InChI=1S/C49H42BN2.Au/c1-48(2,3)38-26-22-33(23-27-38)35-30-36(34-24-28-39(29-25-34)49(4,5)6)32-37(31-35)44-20-13-21-46(51-44)50(40-14-8-7-9-15-40)43-18-12-17-42-41-16-10-11-19-45(41)52-47(42)43;/h7-24,26-31H,1-6H3;/q-3;+3. The molecular weight excluding hydrogens is 824 g/mol. The van der Waals surface area contributed by atoms with Crippen LogP contribution in [0.1, 0.15) is 52.7 Å². The van der Waals surface area contributed by atoms with E-state index in [-0.39, 0.29) is 39.9 Å². The molecule has 2 aromatic heterocycles. The van der Waals surface area contributed by atoms with Crippen LogP contribution in [0.3, 0.4) is 0 Å². The Bertz CT molecular complexity index is 2440. The number of aromatic nitrogens is 2. The number of nitrogens with zero attached hydrogens (tertiary/aromatic N) is 2. The number of para-hydroxylation sites is 2. The van der Waals surface area contributed by atoms with Crippen molar-refractivity contribution >= 4 is 45.0 Å². The third kappa shape index (κ3) is 7.35. The number of fused-ring (bicyclic) bond motifs is 3. The molecule has 0 fully saturated rings. The Morgan fingerprint density at radius 3 is 1.94 bits per heavy atom. The van der Waals surface area contributed by atoms with Crippen molar-refractivity contribution in [2.45, 2.75) is 52.4 Å². The molecule has 0 aliphatic rings. The van der Waals surface area contributed by atoms with Crippen LogP contribution in [0.2, 0.25) is 0 Å². The Morgan fingerprint density at radius 2 is 1.23 bits per heavy atom. The van der Waals surface area contributed by atoms with Gasteiger partial charge in [-0.15, -0.1) is 34.3 Å². The number of benzene rings is 6. The summed E-state index contributed by atoms with van der Waals surface area (Å²) in [6, 6.07) is 59.3. The van der Waals surface area contributed by atoms with Gasteiger partial charge in [-0.2, -0.15) is 35.9 Å². The van der Waals surface area contributed by atoms with Crippen molar-refractivity contribution in [2.24, 2.45) is 0 Å². The second-order valence-corrected chi connectivity index (χ2v) is 15.9. The summed E-state index contributed by atoms with van der Waals surface area (Å²) in [4.78, 5) is 10.6. The Balaban J connectivity index is 0.00000435. The first-order chi connectivity index (χ1) is 25.0. The Labute approximate surface area is 330 Å². The van der Waals surface area contributed by atoms with Gasteiger partial charge in [-0.05, 0) is 32.7 Å². The van der Waals surface area contributed by atoms with Gasteiger partial charge in [0.25, 0.3) is 6.71 Å². The first-order valence-corrected chi connectivity index (χ1v) is 18.2. The Morgan fingerprint density at radius 1 is 0.566 bits per heavy atom. The maximum Gasteiger partial charge on any atom is 3.00 e. The van der Waals surface area contributed by atoms with Crippen LogP contribution in [0.5, 0.6) is 0 Å². The van der Waals surface area contributed by atoms with Gasteiger partial charge in [0.05, 0.1) is 0 Å². The van der Waals surface area contributed by atoms with Gasteiger partial charge < -0.3 is 9.97 Å².